The molecule has 1 amide bonds. The summed E-state index contributed by atoms with van der Waals surface area (Å²) < 4.78 is 5.44. The maximum absolute atomic E-state index is 12.2. The second-order valence-corrected chi connectivity index (χ2v) is 8.77. The van der Waals surface area contributed by atoms with Crippen molar-refractivity contribution in [1.82, 2.24) is 20.4 Å². The highest BCUT2D eigenvalue weighted by molar-refractivity contribution is 5.80. The number of piperidine rings is 1. The number of nitrogens with one attached hydrogen (secondary N) is 2. The fourth-order valence-electron chi connectivity index (χ4n) is 4.43. The van der Waals surface area contributed by atoms with Crippen LogP contribution in [0.1, 0.15) is 52.2 Å². The Kier molecular flexibility index (Phi) is 8.61. The number of likely N-dealkylation sites (N-methyl/N-ethyl adjacent to an activating group) is 1. The summed E-state index contributed by atoms with van der Waals surface area (Å²) in [7, 11) is 0. The molecule has 0 saturated carbocycles. The summed E-state index contributed by atoms with van der Waals surface area (Å²) >= 11 is 0. The van der Waals surface area contributed by atoms with Crippen LogP contribution in [0.15, 0.2) is 27.8 Å². The van der Waals surface area contributed by atoms with E-state index in [-0.39, 0.29) is 11.8 Å². The average Bonchev–Trinajstić information content (AvgIpc) is 3.43. The molecular formula is C23H39N5O2. The number of hydrogen-bond acceptors (Lipinski definition) is 4. The van der Waals surface area contributed by atoms with Gasteiger partial charge in [-0.25, -0.2) is 0 Å². The Morgan fingerprint density at radius 2 is 2.07 bits per heavy atom. The van der Waals surface area contributed by atoms with Gasteiger partial charge < -0.3 is 20.0 Å². The van der Waals surface area contributed by atoms with Crippen molar-refractivity contribution in [3.05, 3.63) is 24.2 Å². The van der Waals surface area contributed by atoms with Gasteiger partial charge in [0.25, 0.3) is 0 Å². The van der Waals surface area contributed by atoms with E-state index in [0.29, 0.717) is 12.1 Å². The molecule has 1 unspecified atom stereocenters. The summed E-state index contributed by atoms with van der Waals surface area (Å²) in [6, 6.07) is 4.82. The van der Waals surface area contributed by atoms with Gasteiger partial charge in [-0.1, -0.05) is 20.8 Å². The quantitative estimate of drug-likeness (QED) is 0.502. The topological polar surface area (TPSA) is 73.1 Å². The molecule has 2 N–H and O–H groups in total. The number of likely N-dealkylation sites (tertiary alicyclic amines) is 2. The summed E-state index contributed by atoms with van der Waals surface area (Å²) in [5, 5.41) is 7.13. The number of aliphatic imine (C=N–C) groups is 1. The Morgan fingerprint density at radius 3 is 2.73 bits per heavy atom. The highest BCUT2D eigenvalue weighted by Gasteiger charge is 2.25. The van der Waals surface area contributed by atoms with Gasteiger partial charge in [0.15, 0.2) is 5.96 Å². The minimum atomic E-state index is 0.0721. The van der Waals surface area contributed by atoms with Gasteiger partial charge in [0.1, 0.15) is 5.76 Å². The van der Waals surface area contributed by atoms with E-state index in [1.807, 2.05) is 30.9 Å². The van der Waals surface area contributed by atoms with Crippen molar-refractivity contribution in [3.63, 3.8) is 0 Å². The molecule has 2 saturated heterocycles. The van der Waals surface area contributed by atoms with Crippen molar-refractivity contribution in [1.29, 1.82) is 0 Å². The van der Waals surface area contributed by atoms with Crippen molar-refractivity contribution in [2.75, 3.05) is 39.3 Å². The fourth-order valence-corrected chi connectivity index (χ4v) is 4.43. The molecule has 0 spiro atoms. The van der Waals surface area contributed by atoms with E-state index in [1.54, 1.807) is 6.26 Å². The van der Waals surface area contributed by atoms with E-state index in [9.17, 15) is 4.79 Å². The monoisotopic (exact) mass is 417 g/mol. The first-order chi connectivity index (χ1) is 14.6. The van der Waals surface area contributed by atoms with Crippen LogP contribution in [0.5, 0.6) is 0 Å². The molecule has 3 heterocycles. The Labute approximate surface area is 181 Å². The second kappa shape index (κ2) is 11.4. The van der Waals surface area contributed by atoms with Gasteiger partial charge in [-0.3, -0.25) is 14.7 Å². The molecule has 30 heavy (non-hydrogen) atoms. The van der Waals surface area contributed by atoms with Gasteiger partial charge in [0.05, 0.1) is 12.8 Å². The SMILES string of the molecule is CCN1CCCC1CN=C(NCCc1ccco1)NC1CCN(C(=O)C(C)C)CC1. The molecule has 0 bridgehead atoms. The van der Waals surface area contributed by atoms with Crippen LogP contribution in [0.25, 0.3) is 0 Å². The van der Waals surface area contributed by atoms with E-state index in [4.69, 9.17) is 9.41 Å². The number of rotatable bonds is 8. The van der Waals surface area contributed by atoms with Crippen LogP contribution >= 0.6 is 0 Å². The molecule has 1 aromatic heterocycles. The van der Waals surface area contributed by atoms with Crippen molar-refractivity contribution < 1.29 is 9.21 Å². The fraction of sp³-hybridized carbons (Fsp3) is 0.739. The highest BCUT2D eigenvalue weighted by atomic mass is 16.3. The molecule has 3 rings (SSSR count). The Bertz CT molecular complexity index is 665. The van der Waals surface area contributed by atoms with Crippen LogP contribution in [0.3, 0.4) is 0 Å². The molecule has 2 aliphatic rings. The normalized spacial score (nSPS) is 21.4. The number of guanidine groups is 1. The number of hydrogen-bond donors (Lipinski definition) is 2. The lowest BCUT2D eigenvalue weighted by Gasteiger charge is -2.34. The van der Waals surface area contributed by atoms with Crippen LogP contribution in [0.4, 0.5) is 0 Å². The number of amides is 1. The van der Waals surface area contributed by atoms with Gasteiger partial charge >= 0.3 is 0 Å². The third kappa shape index (κ3) is 6.49. The molecule has 0 aliphatic carbocycles. The van der Waals surface area contributed by atoms with E-state index in [2.05, 4.69) is 22.5 Å². The Balaban J connectivity index is 1.53. The van der Waals surface area contributed by atoms with Crippen molar-refractivity contribution >= 4 is 11.9 Å². The molecular weight excluding hydrogens is 378 g/mol. The van der Waals surface area contributed by atoms with Crippen LogP contribution in [0, 0.1) is 5.92 Å². The molecule has 1 aromatic rings. The van der Waals surface area contributed by atoms with Gasteiger partial charge in [-0.2, -0.15) is 0 Å². The molecule has 1 atom stereocenters. The van der Waals surface area contributed by atoms with Gasteiger partial charge in [-0.05, 0) is 50.9 Å². The smallest absolute Gasteiger partial charge is 0.225 e. The maximum atomic E-state index is 12.2. The molecule has 0 aromatic carbocycles. The first kappa shape index (κ1) is 22.7. The largest absolute Gasteiger partial charge is 0.469 e. The lowest BCUT2D eigenvalue weighted by atomic mass is 10.0. The van der Waals surface area contributed by atoms with Crippen LogP contribution in [-0.4, -0.2) is 73.0 Å². The highest BCUT2D eigenvalue weighted by Crippen LogP contribution is 2.17. The summed E-state index contributed by atoms with van der Waals surface area (Å²) in [6.45, 7) is 11.7. The number of carbonyl (C=O) groups excluding carboxylic acids is 1. The van der Waals surface area contributed by atoms with Gasteiger partial charge in [0.2, 0.25) is 5.91 Å². The van der Waals surface area contributed by atoms with Crippen molar-refractivity contribution in [3.8, 4) is 0 Å². The zero-order valence-electron chi connectivity index (χ0n) is 18.9. The van der Waals surface area contributed by atoms with Crippen molar-refractivity contribution in [2.24, 2.45) is 10.9 Å². The third-order valence-electron chi connectivity index (χ3n) is 6.25. The predicted octanol–water partition coefficient (Wildman–Crippen LogP) is 2.49. The van der Waals surface area contributed by atoms with Gasteiger partial charge in [-0.15, -0.1) is 0 Å². The molecule has 7 heteroatoms. The number of furan rings is 1. The number of carbonyl (C=O) groups is 1. The lowest BCUT2D eigenvalue weighted by Crippen LogP contribution is -2.51. The average molecular weight is 418 g/mol. The number of nitrogens with zero attached hydrogens (tertiary/aromatic N) is 3. The minimum Gasteiger partial charge on any atom is -0.469 e. The van der Waals surface area contributed by atoms with E-state index in [1.165, 1.54) is 19.4 Å². The van der Waals surface area contributed by atoms with Crippen LogP contribution < -0.4 is 10.6 Å². The summed E-state index contributed by atoms with van der Waals surface area (Å²) in [5.41, 5.74) is 0. The first-order valence-corrected chi connectivity index (χ1v) is 11.7. The van der Waals surface area contributed by atoms with Crippen LogP contribution in [-0.2, 0) is 11.2 Å². The third-order valence-corrected chi connectivity index (χ3v) is 6.25. The Hall–Kier alpha value is -2.02. The summed E-state index contributed by atoms with van der Waals surface area (Å²) in [6.07, 6.45) is 6.97. The van der Waals surface area contributed by atoms with E-state index < -0.39 is 0 Å². The standard InChI is InChI=1S/C23H39N5O2/c1-4-27-13-5-7-20(27)17-25-23(24-12-9-21-8-6-16-30-21)26-19-10-14-28(15-11-19)22(29)18(2)3/h6,8,16,18-20H,4-5,7,9-15,17H2,1-3H3,(H2,24,25,26). The van der Waals surface area contributed by atoms with Crippen LogP contribution in [0.2, 0.25) is 0 Å². The minimum absolute atomic E-state index is 0.0721. The molecule has 7 nitrogen and oxygen atoms in total. The molecule has 168 valence electrons. The maximum Gasteiger partial charge on any atom is 0.225 e. The lowest BCUT2D eigenvalue weighted by molar-refractivity contribution is -0.135. The molecule has 0 radical (unpaired) electrons. The van der Waals surface area contributed by atoms with E-state index in [0.717, 1.165) is 63.7 Å². The summed E-state index contributed by atoms with van der Waals surface area (Å²) in [4.78, 5) is 21.7. The first-order valence-electron chi connectivity index (χ1n) is 11.7. The molecule has 2 aliphatic heterocycles. The zero-order chi connectivity index (χ0) is 21.3. The van der Waals surface area contributed by atoms with Crippen molar-refractivity contribution in [2.45, 2.75) is 65.0 Å². The Morgan fingerprint density at radius 1 is 1.27 bits per heavy atom. The van der Waals surface area contributed by atoms with Gasteiger partial charge in [0, 0.05) is 44.1 Å². The zero-order valence-corrected chi connectivity index (χ0v) is 18.9. The van der Waals surface area contributed by atoms with E-state index >= 15 is 0 Å². The predicted molar refractivity (Wildman–Crippen MR) is 121 cm³/mol. The summed E-state index contributed by atoms with van der Waals surface area (Å²) in [5.74, 6) is 2.20. The second-order valence-electron chi connectivity index (χ2n) is 8.77. The molecule has 2 fully saturated rings.